The maximum atomic E-state index is 11.8. The molecule has 0 aliphatic rings. The van der Waals surface area contributed by atoms with E-state index < -0.39 is 5.97 Å². The molecule has 3 nitrogen and oxygen atoms in total. The molecule has 0 amide bonds. The van der Waals surface area contributed by atoms with Crippen LogP contribution in [0, 0.1) is 0 Å². The van der Waals surface area contributed by atoms with E-state index in [0.717, 1.165) is 10.4 Å². The maximum Gasteiger partial charge on any atom is 0.342 e. The summed E-state index contributed by atoms with van der Waals surface area (Å²) in [7, 11) is 0. The largest absolute Gasteiger partial charge is 0.462 e. The van der Waals surface area contributed by atoms with Crippen LogP contribution in [0.1, 0.15) is 17.3 Å². The first-order valence-corrected chi connectivity index (χ1v) is 6.65. The average Bonchev–Trinajstić information content (AvgIpc) is 2.66. The zero-order valence-electron chi connectivity index (χ0n) is 9.77. The van der Waals surface area contributed by atoms with Gasteiger partial charge in [-0.25, -0.2) is 4.79 Å². The predicted octanol–water partition coefficient (Wildman–Crippen LogP) is 3.83. The molecule has 0 saturated carbocycles. The van der Waals surface area contributed by atoms with Crippen LogP contribution in [-0.2, 0) is 4.74 Å². The SMILES string of the molecule is CCOC(=O)c1c(N)sc(-c2ccccc2)c1Cl. The van der Waals surface area contributed by atoms with Gasteiger partial charge >= 0.3 is 5.97 Å². The van der Waals surface area contributed by atoms with Gasteiger partial charge in [-0.3, -0.25) is 0 Å². The van der Waals surface area contributed by atoms with Crippen LogP contribution < -0.4 is 5.73 Å². The molecule has 0 fully saturated rings. The lowest BCUT2D eigenvalue weighted by molar-refractivity contribution is 0.0528. The molecule has 2 rings (SSSR count). The van der Waals surface area contributed by atoms with Crippen molar-refractivity contribution in [2.75, 3.05) is 12.3 Å². The predicted molar refractivity (Wildman–Crippen MR) is 75.1 cm³/mol. The second-order valence-corrected chi connectivity index (χ2v) is 5.00. The third kappa shape index (κ3) is 2.35. The Bertz CT molecular complexity index is 566. The Balaban J connectivity index is 2.47. The highest BCUT2D eigenvalue weighted by Gasteiger charge is 2.22. The first-order valence-electron chi connectivity index (χ1n) is 5.45. The fourth-order valence-corrected chi connectivity index (χ4v) is 3.01. The molecule has 0 spiro atoms. The summed E-state index contributed by atoms with van der Waals surface area (Å²) in [5.74, 6) is -0.474. The van der Waals surface area contributed by atoms with Crippen LogP contribution in [0.15, 0.2) is 30.3 Å². The van der Waals surface area contributed by atoms with Gasteiger partial charge in [-0.15, -0.1) is 11.3 Å². The molecular formula is C13H12ClNO2S. The lowest BCUT2D eigenvalue weighted by Crippen LogP contribution is -2.06. The first-order chi connectivity index (χ1) is 8.65. The third-order valence-electron chi connectivity index (χ3n) is 2.39. The van der Waals surface area contributed by atoms with E-state index in [-0.39, 0.29) is 5.56 Å². The molecule has 0 aliphatic carbocycles. The van der Waals surface area contributed by atoms with E-state index in [1.807, 2.05) is 30.3 Å². The molecule has 0 unspecified atom stereocenters. The summed E-state index contributed by atoms with van der Waals surface area (Å²) < 4.78 is 4.94. The van der Waals surface area contributed by atoms with Crippen molar-refractivity contribution in [3.8, 4) is 10.4 Å². The van der Waals surface area contributed by atoms with Gasteiger partial charge in [0.05, 0.1) is 16.5 Å². The Morgan fingerprint density at radius 2 is 2.06 bits per heavy atom. The normalized spacial score (nSPS) is 10.3. The van der Waals surface area contributed by atoms with Crippen molar-refractivity contribution in [1.82, 2.24) is 0 Å². The van der Waals surface area contributed by atoms with Gasteiger partial charge in [-0.1, -0.05) is 41.9 Å². The van der Waals surface area contributed by atoms with Crippen LogP contribution >= 0.6 is 22.9 Å². The molecule has 1 aromatic carbocycles. The van der Waals surface area contributed by atoms with E-state index in [2.05, 4.69) is 0 Å². The fraction of sp³-hybridized carbons (Fsp3) is 0.154. The van der Waals surface area contributed by atoms with Crippen LogP contribution in [0.4, 0.5) is 5.00 Å². The number of nitrogen functional groups attached to an aromatic ring is 1. The number of ether oxygens (including phenoxy) is 1. The van der Waals surface area contributed by atoms with Crippen LogP contribution in [0.2, 0.25) is 5.02 Å². The Kier molecular flexibility index (Phi) is 3.89. The van der Waals surface area contributed by atoms with Crippen LogP contribution in [0.25, 0.3) is 10.4 Å². The van der Waals surface area contributed by atoms with E-state index >= 15 is 0 Å². The quantitative estimate of drug-likeness (QED) is 0.870. The zero-order valence-corrected chi connectivity index (χ0v) is 11.3. The van der Waals surface area contributed by atoms with Gasteiger partial charge in [-0.2, -0.15) is 0 Å². The van der Waals surface area contributed by atoms with Crippen LogP contribution in [0.5, 0.6) is 0 Å². The maximum absolute atomic E-state index is 11.8. The molecule has 94 valence electrons. The molecule has 0 radical (unpaired) electrons. The average molecular weight is 282 g/mol. The smallest absolute Gasteiger partial charge is 0.342 e. The number of benzene rings is 1. The van der Waals surface area contributed by atoms with Crippen molar-refractivity contribution in [2.24, 2.45) is 0 Å². The third-order valence-corrected chi connectivity index (χ3v) is 3.95. The van der Waals surface area contributed by atoms with Crippen LogP contribution in [0.3, 0.4) is 0 Å². The zero-order chi connectivity index (χ0) is 13.1. The number of esters is 1. The molecule has 18 heavy (non-hydrogen) atoms. The van der Waals surface area contributed by atoms with Gasteiger partial charge in [0.25, 0.3) is 0 Å². The summed E-state index contributed by atoms with van der Waals surface area (Å²) in [5, 5.41) is 0.749. The number of carbonyl (C=O) groups excluding carboxylic acids is 1. The number of thiophene rings is 1. The first kappa shape index (κ1) is 12.9. The standard InChI is InChI=1S/C13H12ClNO2S/c1-2-17-13(16)9-10(14)11(18-12(9)15)8-6-4-3-5-7-8/h3-7H,2,15H2,1H3. The highest BCUT2D eigenvalue weighted by molar-refractivity contribution is 7.20. The minimum Gasteiger partial charge on any atom is -0.462 e. The van der Waals surface area contributed by atoms with E-state index in [1.165, 1.54) is 11.3 Å². The van der Waals surface area contributed by atoms with Crippen molar-refractivity contribution >= 4 is 33.9 Å². The molecule has 0 saturated heterocycles. The van der Waals surface area contributed by atoms with Crippen molar-refractivity contribution in [1.29, 1.82) is 0 Å². The van der Waals surface area contributed by atoms with Crippen LogP contribution in [-0.4, -0.2) is 12.6 Å². The number of halogens is 1. The number of hydrogen-bond acceptors (Lipinski definition) is 4. The van der Waals surface area contributed by atoms with Crippen molar-refractivity contribution in [3.05, 3.63) is 40.9 Å². The number of rotatable bonds is 3. The summed E-state index contributed by atoms with van der Waals surface area (Å²) >= 11 is 7.52. The lowest BCUT2D eigenvalue weighted by atomic mass is 10.1. The summed E-state index contributed by atoms with van der Waals surface area (Å²) in [6, 6.07) is 9.58. The minimum absolute atomic E-state index is 0.266. The summed E-state index contributed by atoms with van der Waals surface area (Å²) in [6.07, 6.45) is 0. The molecule has 1 heterocycles. The lowest BCUT2D eigenvalue weighted by Gasteiger charge is -2.01. The van der Waals surface area contributed by atoms with E-state index in [4.69, 9.17) is 22.1 Å². The molecule has 0 aliphatic heterocycles. The van der Waals surface area contributed by atoms with E-state index in [0.29, 0.717) is 16.6 Å². The summed E-state index contributed by atoms with van der Waals surface area (Å²) in [5.41, 5.74) is 7.05. The Morgan fingerprint density at radius 1 is 1.39 bits per heavy atom. The molecule has 0 bridgehead atoms. The fourth-order valence-electron chi connectivity index (χ4n) is 1.60. The minimum atomic E-state index is -0.474. The van der Waals surface area contributed by atoms with Crippen molar-refractivity contribution < 1.29 is 9.53 Å². The molecular weight excluding hydrogens is 270 g/mol. The van der Waals surface area contributed by atoms with E-state index in [9.17, 15) is 4.79 Å². The Labute approximate surface area is 114 Å². The molecule has 1 aromatic heterocycles. The second-order valence-electron chi connectivity index (χ2n) is 3.57. The van der Waals surface area contributed by atoms with Gasteiger partial charge in [0.15, 0.2) is 0 Å². The monoisotopic (exact) mass is 281 g/mol. The van der Waals surface area contributed by atoms with Crippen molar-refractivity contribution in [2.45, 2.75) is 6.92 Å². The highest BCUT2D eigenvalue weighted by Crippen LogP contribution is 2.42. The Morgan fingerprint density at radius 3 is 2.67 bits per heavy atom. The number of hydrogen-bond donors (Lipinski definition) is 1. The highest BCUT2D eigenvalue weighted by atomic mass is 35.5. The van der Waals surface area contributed by atoms with Gasteiger partial charge in [0.1, 0.15) is 10.6 Å². The number of anilines is 1. The number of nitrogens with two attached hydrogens (primary N) is 1. The van der Waals surface area contributed by atoms with Crippen molar-refractivity contribution in [3.63, 3.8) is 0 Å². The summed E-state index contributed by atoms with van der Waals surface area (Å²) in [6.45, 7) is 2.04. The Hall–Kier alpha value is -1.52. The van der Waals surface area contributed by atoms with E-state index in [1.54, 1.807) is 6.92 Å². The number of carbonyl (C=O) groups is 1. The molecule has 2 aromatic rings. The van der Waals surface area contributed by atoms with Gasteiger partial charge in [0, 0.05) is 0 Å². The topological polar surface area (TPSA) is 52.3 Å². The van der Waals surface area contributed by atoms with Gasteiger partial charge in [-0.05, 0) is 12.5 Å². The molecule has 0 atom stereocenters. The van der Waals surface area contributed by atoms with Gasteiger partial charge < -0.3 is 10.5 Å². The summed E-state index contributed by atoms with van der Waals surface area (Å²) in [4.78, 5) is 12.5. The van der Waals surface area contributed by atoms with Gasteiger partial charge in [0.2, 0.25) is 0 Å². The molecule has 5 heteroatoms. The molecule has 2 N–H and O–H groups in total. The second kappa shape index (κ2) is 5.42.